The molecule has 2 heterocycles. The van der Waals surface area contributed by atoms with Gasteiger partial charge < -0.3 is 10.6 Å². The zero-order valence-electron chi connectivity index (χ0n) is 14.3. The first-order valence-corrected chi connectivity index (χ1v) is 9.14. The number of aromatic nitrogens is 4. The molecule has 0 saturated heterocycles. The lowest BCUT2D eigenvalue weighted by Crippen LogP contribution is -2.37. The standard InChI is InChI=1S/C18H24N6O/c25-18(23-16-9-15(16)13-5-2-1-3-6-13)21-10-14-7-4-8-20-17(14)24-12-19-11-22-24/h4,7-8,11-13,15-16H,1-3,5-6,9-10H2,(H2,21,23,25)/t15-,16+/m1/s1. The van der Waals surface area contributed by atoms with Gasteiger partial charge in [0.25, 0.3) is 0 Å². The molecular weight excluding hydrogens is 316 g/mol. The van der Waals surface area contributed by atoms with Crippen molar-refractivity contribution < 1.29 is 4.79 Å². The van der Waals surface area contributed by atoms with Crippen molar-refractivity contribution in [1.82, 2.24) is 30.4 Å². The van der Waals surface area contributed by atoms with Crippen LogP contribution in [0.15, 0.2) is 31.0 Å². The van der Waals surface area contributed by atoms with Crippen LogP contribution in [0, 0.1) is 11.8 Å². The Morgan fingerprint density at radius 1 is 1.28 bits per heavy atom. The smallest absolute Gasteiger partial charge is 0.315 e. The molecule has 0 bridgehead atoms. The molecule has 2 aromatic rings. The van der Waals surface area contributed by atoms with E-state index >= 15 is 0 Å². The molecule has 2 fully saturated rings. The van der Waals surface area contributed by atoms with Crippen molar-refractivity contribution >= 4 is 6.03 Å². The van der Waals surface area contributed by atoms with Gasteiger partial charge in [-0.2, -0.15) is 5.10 Å². The van der Waals surface area contributed by atoms with E-state index in [0.717, 1.165) is 17.9 Å². The van der Waals surface area contributed by atoms with Gasteiger partial charge >= 0.3 is 6.03 Å². The largest absolute Gasteiger partial charge is 0.335 e. The normalized spacial score (nSPS) is 23.2. The maximum Gasteiger partial charge on any atom is 0.315 e. The third-order valence-electron chi connectivity index (χ3n) is 5.35. The van der Waals surface area contributed by atoms with E-state index in [9.17, 15) is 4.79 Å². The Kier molecular flexibility index (Phi) is 4.63. The Morgan fingerprint density at radius 2 is 2.16 bits per heavy atom. The molecule has 2 N–H and O–H groups in total. The summed E-state index contributed by atoms with van der Waals surface area (Å²) in [6.07, 6.45) is 12.7. The molecule has 132 valence electrons. The molecule has 4 rings (SSSR count). The van der Waals surface area contributed by atoms with E-state index in [1.807, 2.05) is 12.1 Å². The molecule has 0 unspecified atom stereocenters. The van der Waals surface area contributed by atoms with Crippen molar-refractivity contribution in [3.8, 4) is 5.82 Å². The number of rotatable bonds is 5. The average molecular weight is 340 g/mol. The van der Waals surface area contributed by atoms with Crippen molar-refractivity contribution in [2.24, 2.45) is 11.8 Å². The number of urea groups is 1. The minimum absolute atomic E-state index is 0.100. The Balaban J connectivity index is 1.29. The fraction of sp³-hybridized carbons (Fsp3) is 0.556. The van der Waals surface area contributed by atoms with Crippen LogP contribution in [0.3, 0.4) is 0 Å². The zero-order valence-corrected chi connectivity index (χ0v) is 14.3. The van der Waals surface area contributed by atoms with Crippen molar-refractivity contribution in [3.63, 3.8) is 0 Å². The summed E-state index contributed by atoms with van der Waals surface area (Å²) in [5, 5.41) is 10.2. The van der Waals surface area contributed by atoms with E-state index in [0.29, 0.717) is 24.3 Å². The van der Waals surface area contributed by atoms with Crippen molar-refractivity contribution in [3.05, 3.63) is 36.5 Å². The SMILES string of the molecule is O=C(NCc1cccnc1-n1cncn1)N[C@H]1C[C@@H]1C1CCCCC1. The summed E-state index contributed by atoms with van der Waals surface area (Å²) in [5.74, 6) is 2.19. The van der Waals surface area contributed by atoms with E-state index in [-0.39, 0.29) is 6.03 Å². The van der Waals surface area contributed by atoms with Gasteiger partial charge in [0.1, 0.15) is 12.7 Å². The highest BCUT2D eigenvalue weighted by Crippen LogP contribution is 2.44. The summed E-state index contributed by atoms with van der Waals surface area (Å²) >= 11 is 0. The summed E-state index contributed by atoms with van der Waals surface area (Å²) in [7, 11) is 0. The van der Waals surface area contributed by atoms with Gasteiger partial charge in [-0.3, -0.25) is 0 Å². The fourth-order valence-electron chi connectivity index (χ4n) is 3.95. The Bertz CT molecular complexity index is 710. The number of amides is 2. The molecule has 25 heavy (non-hydrogen) atoms. The highest BCUT2D eigenvalue weighted by atomic mass is 16.2. The second-order valence-electron chi connectivity index (χ2n) is 7.06. The summed E-state index contributed by atoms with van der Waals surface area (Å²) in [6, 6.07) is 4.05. The average Bonchev–Trinajstić information content (AvgIpc) is 3.19. The fourth-order valence-corrected chi connectivity index (χ4v) is 3.95. The first kappa shape index (κ1) is 16.1. The molecular formula is C18H24N6O. The van der Waals surface area contributed by atoms with Gasteiger partial charge in [0, 0.05) is 24.3 Å². The number of pyridine rings is 1. The van der Waals surface area contributed by atoms with Crippen LogP contribution in [-0.2, 0) is 6.54 Å². The van der Waals surface area contributed by atoms with Crippen LogP contribution in [0.2, 0.25) is 0 Å². The number of carbonyl (C=O) groups is 1. The molecule has 2 aliphatic carbocycles. The van der Waals surface area contributed by atoms with Crippen LogP contribution in [0.1, 0.15) is 44.1 Å². The Labute approximate surface area is 147 Å². The van der Waals surface area contributed by atoms with Gasteiger partial charge in [0.15, 0.2) is 5.82 Å². The van der Waals surface area contributed by atoms with Gasteiger partial charge in [-0.05, 0) is 24.3 Å². The van der Waals surface area contributed by atoms with Gasteiger partial charge in [-0.15, -0.1) is 0 Å². The van der Waals surface area contributed by atoms with Crippen LogP contribution in [-0.4, -0.2) is 31.8 Å². The molecule has 2 amide bonds. The van der Waals surface area contributed by atoms with Crippen LogP contribution in [0.5, 0.6) is 0 Å². The third-order valence-corrected chi connectivity index (χ3v) is 5.35. The van der Waals surface area contributed by atoms with E-state index in [1.165, 1.54) is 38.4 Å². The number of hydrogen-bond donors (Lipinski definition) is 2. The molecule has 2 saturated carbocycles. The minimum atomic E-state index is -0.100. The number of nitrogens with zero attached hydrogens (tertiary/aromatic N) is 4. The van der Waals surface area contributed by atoms with E-state index in [4.69, 9.17) is 0 Å². The predicted octanol–water partition coefficient (Wildman–Crippen LogP) is 2.43. The van der Waals surface area contributed by atoms with Crippen molar-refractivity contribution in [1.29, 1.82) is 0 Å². The highest BCUT2D eigenvalue weighted by Gasteiger charge is 2.43. The summed E-state index contributed by atoms with van der Waals surface area (Å²) < 4.78 is 1.61. The minimum Gasteiger partial charge on any atom is -0.335 e. The maximum absolute atomic E-state index is 12.2. The molecule has 0 radical (unpaired) electrons. The second-order valence-corrected chi connectivity index (χ2v) is 7.06. The first-order chi connectivity index (χ1) is 12.3. The van der Waals surface area contributed by atoms with E-state index < -0.39 is 0 Å². The molecule has 7 nitrogen and oxygen atoms in total. The van der Waals surface area contributed by atoms with Gasteiger partial charge in [0.2, 0.25) is 0 Å². The molecule has 2 atom stereocenters. The maximum atomic E-state index is 12.2. The topological polar surface area (TPSA) is 84.7 Å². The Hall–Kier alpha value is -2.44. The van der Waals surface area contributed by atoms with Crippen molar-refractivity contribution in [2.45, 2.75) is 51.1 Å². The predicted molar refractivity (Wildman–Crippen MR) is 93.0 cm³/mol. The quantitative estimate of drug-likeness (QED) is 0.875. The summed E-state index contributed by atoms with van der Waals surface area (Å²) in [6.45, 7) is 0.412. The number of hydrogen-bond acceptors (Lipinski definition) is 4. The third kappa shape index (κ3) is 3.81. The molecule has 2 aromatic heterocycles. The summed E-state index contributed by atoms with van der Waals surface area (Å²) in [4.78, 5) is 20.5. The Morgan fingerprint density at radius 3 is 2.96 bits per heavy atom. The van der Waals surface area contributed by atoms with E-state index in [2.05, 4.69) is 25.7 Å². The second kappa shape index (κ2) is 7.21. The summed E-state index contributed by atoms with van der Waals surface area (Å²) in [5.41, 5.74) is 0.905. The lowest BCUT2D eigenvalue weighted by molar-refractivity contribution is 0.237. The molecule has 7 heteroatoms. The first-order valence-electron chi connectivity index (χ1n) is 9.14. The highest BCUT2D eigenvalue weighted by molar-refractivity contribution is 5.74. The van der Waals surface area contributed by atoms with Crippen molar-refractivity contribution in [2.75, 3.05) is 0 Å². The molecule has 0 spiro atoms. The van der Waals surface area contributed by atoms with Gasteiger partial charge in [-0.1, -0.05) is 38.2 Å². The van der Waals surface area contributed by atoms with Gasteiger partial charge in [-0.25, -0.2) is 19.4 Å². The molecule has 0 aliphatic heterocycles. The monoisotopic (exact) mass is 340 g/mol. The molecule has 0 aromatic carbocycles. The van der Waals surface area contributed by atoms with Gasteiger partial charge in [0.05, 0.1) is 0 Å². The van der Waals surface area contributed by atoms with Crippen LogP contribution < -0.4 is 10.6 Å². The van der Waals surface area contributed by atoms with Crippen LogP contribution >= 0.6 is 0 Å². The van der Waals surface area contributed by atoms with E-state index in [1.54, 1.807) is 17.2 Å². The number of carbonyl (C=O) groups excluding carboxylic acids is 1. The van der Waals surface area contributed by atoms with Crippen LogP contribution in [0.25, 0.3) is 5.82 Å². The number of nitrogens with one attached hydrogen (secondary N) is 2. The van der Waals surface area contributed by atoms with Crippen LogP contribution in [0.4, 0.5) is 4.79 Å². The molecule has 2 aliphatic rings. The lowest BCUT2D eigenvalue weighted by Gasteiger charge is -2.21. The zero-order chi connectivity index (χ0) is 17.1. The lowest BCUT2D eigenvalue weighted by atomic mass is 9.85.